The molecule has 0 amide bonds. The fourth-order valence-corrected chi connectivity index (χ4v) is 1.85. The van der Waals surface area contributed by atoms with Crippen molar-refractivity contribution in [3.63, 3.8) is 0 Å². The molecule has 0 bridgehead atoms. The van der Waals surface area contributed by atoms with Gasteiger partial charge < -0.3 is 14.6 Å². The van der Waals surface area contributed by atoms with E-state index < -0.39 is 0 Å². The van der Waals surface area contributed by atoms with Crippen molar-refractivity contribution in [3.05, 3.63) is 29.3 Å². The fourth-order valence-electron chi connectivity index (χ4n) is 1.85. The van der Waals surface area contributed by atoms with Crippen LogP contribution in [0.1, 0.15) is 36.8 Å². The lowest BCUT2D eigenvalue weighted by molar-refractivity contribution is 0.0501. The molecule has 0 aliphatic heterocycles. The highest BCUT2D eigenvalue weighted by Gasteiger charge is 2.11. The second-order valence-electron chi connectivity index (χ2n) is 4.36. The molecule has 0 aliphatic rings. The fraction of sp³-hybridized carbons (Fsp3) is 0.571. The van der Waals surface area contributed by atoms with Gasteiger partial charge in [-0.15, -0.1) is 0 Å². The lowest BCUT2D eigenvalue weighted by Gasteiger charge is -2.17. The second-order valence-corrected chi connectivity index (χ2v) is 4.36. The molecule has 0 aromatic heterocycles. The molecular formula is C14H22O3. The average molecular weight is 238 g/mol. The van der Waals surface area contributed by atoms with Crippen molar-refractivity contribution >= 4 is 0 Å². The zero-order valence-electron chi connectivity index (χ0n) is 10.9. The van der Waals surface area contributed by atoms with Crippen LogP contribution >= 0.6 is 0 Å². The molecule has 0 fully saturated rings. The number of rotatable bonds is 7. The molecule has 3 heteroatoms. The molecule has 0 saturated heterocycles. The van der Waals surface area contributed by atoms with Crippen LogP contribution in [0.3, 0.4) is 0 Å². The minimum atomic E-state index is 0.241. The summed E-state index contributed by atoms with van der Waals surface area (Å²) in [6.45, 7) is 4.70. The molecule has 1 rings (SSSR count). The smallest absolute Gasteiger partial charge is 0.188 e. The van der Waals surface area contributed by atoms with Gasteiger partial charge in [-0.3, -0.25) is 0 Å². The summed E-state index contributed by atoms with van der Waals surface area (Å²) in [4.78, 5) is 0. The third-order valence-corrected chi connectivity index (χ3v) is 2.83. The molecule has 0 heterocycles. The van der Waals surface area contributed by atoms with Gasteiger partial charge in [0.25, 0.3) is 0 Å². The Morgan fingerprint density at radius 2 is 2.12 bits per heavy atom. The van der Waals surface area contributed by atoms with Crippen LogP contribution in [-0.4, -0.2) is 25.6 Å². The van der Waals surface area contributed by atoms with E-state index >= 15 is 0 Å². The second kappa shape index (κ2) is 7.30. The maximum Gasteiger partial charge on any atom is 0.188 e. The first-order valence-electron chi connectivity index (χ1n) is 6.02. The van der Waals surface area contributed by atoms with Crippen LogP contribution in [0, 0.1) is 6.92 Å². The summed E-state index contributed by atoms with van der Waals surface area (Å²) in [5.74, 6) is 1.27. The zero-order chi connectivity index (χ0) is 12.7. The summed E-state index contributed by atoms with van der Waals surface area (Å²) in [6.07, 6.45) is 1.78. The van der Waals surface area contributed by atoms with Gasteiger partial charge in [-0.05, 0) is 42.9 Å². The number of benzene rings is 1. The summed E-state index contributed by atoms with van der Waals surface area (Å²) in [5, 5.41) is 8.87. The minimum absolute atomic E-state index is 0.241. The number of hydrogen-bond donors (Lipinski definition) is 1. The number of hydrogen-bond acceptors (Lipinski definition) is 3. The van der Waals surface area contributed by atoms with E-state index in [1.54, 1.807) is 7.11 Å². The van der Waals surface area contributed by atoms with Crippen molar-refractivity contribution in [1.29, 1.82) is 0 Å². The number of aliphatic hydroxyl groups excluding tert-OH is 1. The van der Waals surface area contributed by atoms with Crippen LogP contribution in [0.4, 0.5) is 0 Å². The van der Waals surface area contributed by atoms with E-state index in [9.17, 15) is 0 Å². The lowest BCUT2D eigenvalue weighted by Crippen LogP contribution is -2.04. The molecule has 0 saturated carbocycles. The van der Waals surface area contributed by atoms with Crippen molar-refractivity contribution in [2.45, 2.75) is 32.6 Å². The normalized spacial score (nSPS) is 12.5. The third kappa shape index (κ3) is 4.36. The van der Waals surface area contributed by atoms with Gasteiger partial charge >= 0.3 is 0 Å². The maximum atomic E-state index is 8.87. The van der Waals surface area contributed by atoms with E-state index in [1.807, 2.05) is 13.0 Å². The van der Waals surface area contributed by atoms with E-state index in [4.69, 9.17) is 14.6 Å². The van der Waals surface area contributed by atoms with Gasteiger partial charge in [-0.25, -0.2) is 0 Å². The molecule has 1 unspecified atom stereocenters. The van der Waals surface area contributed by atoms with Crippen LogP contribution in [0.2, 0.25) is 0 Å². The number of ether oxygens (including phenoxy) is 2. The summed E-state index contributed by atoms with van der Waals surface area (Å²) in [6, 6.07) is 6.22. The first kappa shape index (κ1) is 14.0. The van der Waals surface area contributed by atoms with Crippen molar-refractivity contribution < 1.29 is 14.6 Å². The minimum Gasteiger partial charge on any atom is -0.467 e. The molecule has 1 aromatic carbocycles. The van der Waals surface area contributed by atoms with Gasteiger partial charge in [0, 0.05) is 13.7 Å². The summed E-state index contributed by atoms with van der Waals surface area (Å²) in [7, 11) is 1.62. The number of aryl methyl sites for hydroxylation is 1. The highest BCUT2D eigenvalue weighted by Crippen LogP contribution is 2.30. The van der Waals surface area contributed by atoms with Gasteiger partial charge in [0.1, 0.15) is 5.75 Å². The van der Waals surface area contributed by atoms with E-state index in [1.165, 1.54) is 11.1 Å². The SMILES string of the molecule is COCOc1cc(C)ccc1C(C)CCCO. The van der Waals surface area contributed by atoms with Gasteiger partial charge in [-0.2, -0.15) is 0 Å². The van der Waals surface area contributed by atoms with Crippen molar-refractivity contribution in [3.8, 4) is 5.75 Å². The van der Waals surface area contributed by atoms with Crippen LogP contribution < -0.4 is 4.74 Å². The largest absolute Gasteiger partial charge is 0.467 e. The van der Waals surface area contributed by atoms with Gasteiger partial charge in [-0.1, -0.05) is 19.1 Å². The first-order chi connectivity index (χ1) is 8.19. The average Bonchev–Trinajstić information content (AvgIpc) is 2.33. The Hall–Kier alpha value is -1.06. The predicted molar refractivity (Wildman–Crippen MR) is 68.4 cm³/mol. The highest BCUT2D eigenvalue weighted by atomic mass is 16.7. The van der Waals surface area contributed by atoms with Crippen LogP contribution in [-0.2, 0) is 4.74 Å². The van der Waals surface area contributed by atoms with Gasteiger partial charge in [0.2, 0.25) is 0 Å². The molecule has 3 nitrogen and oxygen atoms in total. The highest BCUT2D eigenvalue weighted by molar-refractivity contribution is 5.39. The van der Waals surface area contributed by atoms with Crippen molar-refractivity contribution in [2.24, 2.45) is 0 Å². The molecule has 0 radical (unpaired) electrons. The molecule has 17 heavy (non-hydrogen) atoms. The Morgan fingerprint density at radius 3 is 2.76 bits per heavy atom. The Bertz CT molecular complexity index is 336. The van der Waals surface area contributed by atoms with Crippen molar-refractivity contribution in [2.75, 3.05) is 20.5 Å². The Labute approximate surface area is 103 Å². The van der Waals surface area contributed by atoms with E-state index in [2.05, 4.69) is 19.1 Å². The number of methoxy groups -OCH3 is 1. The first-order valence-corrected chi connectivity index (χ1v) is 6.02. The molecule has 96 valence electrons. The van der Waals surface area contributed by atoms with E-state index in [-0.39, 0.29) is 13.4 Å². The van der Waals surface area contributed by atoms with Crippen LogP contribution in [0.25, 0.3) is 0 Å². The molecule has 0 spiro atoms. The van der Waals surface area contributed by atoms with Crippen LogP contribution in [0.15, 0.2) is 18.2 Å². The van der Waals surface area contributed by atoms with Crippen molar-refractivity contribution in [1.82, 2.24) is 0 Å². The monoisotopic (exact) mass is 238 g/mol. The summed E-state index contributed by atoms with van der Waals surface area (Å²) < 4.78 is 10.5. The lowest BCUT2D eigenvalue weighted by atomic mass is 9.94. The van der Waals surface area contributed by atoms with Gasteiger partial charge in [0.15, 0.2) is 6.79 Å². The topological polar surface area (TPSA) is 38.7 Å². The summed E-state index contributed by atoms with van der Waals surface area (Å²) >= 11 is 0. The Kier molecular flexibility index (Phi) is 6.01. The molecule has 1 N–H and O–H groups in total. The standard InChI is InChI=1S/C14H22O3/c1-11-6-7-13(12(2)5-4-8-15)14(9-11)17-10-16-3/h6-7,9,12,15H,4-5,8,10H2,1-3H3. The van der Waals surface area contributed by atoms with Gasteiger partial charge in [0.05, 0.1) is 0 Å². The Morgan fingerprint density at radius 1 is 1.35 bits per heavy atom. The quantitative estimate of drug-likeness (QED) is 0.742. The van der Waals surface area contributed by atoms with Crippen LogP contribution in [0.5, 0.6) is 5.75 Å². The van der Waals surface area contributed by atoms with E-state index in [0.717, 1.165) is 18.6 Å². The number of aliphatic hydroxyl groups is 1. The molecule has 1 atom stereocenters. The molecular weight excluding hydrogens is 216 g/mol. The maximum absolute atomic E-state index is 8.87. The zero-order valence-corrected chi connectivity index (χ0v) is 10.9. The third-order valence-electron chi connectivity index (χ3n) is 2.83. The molecule has 1 aromatic rings. The molecule has 0 aliphatic carbocycles. The van der Waals surface area contributed by atoms with E-state index in [0.29, 0.717) is 5.92 Å². The summed E-state index contributed by atoms with van der Waals surface area (Å²) in [5.41, 5.74) is 2.36. The Balaban J connectivity index is 2.80. The predicted octanol–water partition coefficient (Wildman–Crippen LogP) is 2.85.